The van der Waals surface area contributed by atoms with E-state index in [2.05, 4.69) is 5.32 Å². The molecule has 0 aromatic heterocycles. The van der Waals surface area contributed by atoms with Crippen molar-refractivity contribution in [1.29, 1.82) is 0 Å². The SMILES string of the molecule is COC(CN)C(=O)Nc1ccc(F)c(C(N)=O)c1. The molecule has 1 aromatic rings. The van der Waals surface area contributed by atoms with Crippen molar-refractivity contribution in [2.24, 2.45) is 11.5 Å². The number of halogens is 1. The lowest BCUT2D eigenvalue weighted by molar-refractivity contribution is -0.125. The Morgan fingerprint density at radius 1 is 1.50 bits per heavy atom. The van der Waals surface area contributed by atoms with Gasteiger partial charge < -0.3 is 21.5 Å². The van der Waals surface area contributed by atoms with Crippen LogP contribution in [0.25, 0.3) is 0 Å². The minimum atomic E-state index is -0.911. The molecule has 0 spiro atoms. The van der Waals surface area contributed by atoms with Gasteiger partial charge in [-0.3, -0.25) is 9.59 Å². The van der Waals surface area contributed by atoms with Crippen LogP contribution in [0.4, 0.5) is 10.1 Å². The smallest absolute Gasteiger partial charge is 0.254 e. The monoisotopic (exact) mass is 255 g/mol. The minimum Gasteiger partial charge on any atom is -0.370 e. The fourth-order valence-corrected chi connectivity index (χ4v) is 1.32. The number of carbonyl (C=O) groups is 2. The summed E-state index contributed by atoms with van der Waals surface area (Å²) in [6, 6.07) is 3.50. The molecule has 0 radical (unpaired) electrons. The molecule has 0 heterocycles. The maximum absolute atomic E-state index is 13.2. The predicted octanol–water partition coefficient (Wildman–Crippen LogP) is -0.163. The van der Waals surface area contributed by atoms with Crippen LogP contribution in [-0.2, 0) is 9.53 Å². The molecule has 2 amide bonds. The molecule has 0 aliphatic rings. The van der Waals surface area contributed by atoms with Crippen LogP contribution in [0.15, 0.2) is 18.2 Å². The lowest BCUT2D eigenvalue weighted by atomic mass is 10.1. The summed E-state index contributed by atoms with van der Waals surface area (Å²) in [6.45, 7) is 0.00616. The van der Waals surface area contributed by atoms with Crippen molar-refractivity contribution in [1.82, 2.24) is 0 Å². The molecule has 1 aromatic carbocycles. The van der Waals surface area contributed by atoms with Crippen molar-refractivity contribution in [2.75, 3.05) is 19.0 Å². The van der Waals surface area contributed by atoms with E-state index >= 15 is 0 Å². The number of rotatable bonds is 5. The van der Waals surface area contributed by atoms with Gasteiger partial charge in [0.1, 0.15) is 11.9 Å². The Morgan fingerprint density at radius 3 is 2.67 bits per heavy atom. The molecular weight excluding hydrogens is 241 g/mol. The van der Waals surface area contributed by atoms with Gasteiger partial charge in [-0.05, 0) is 18.2 Å². The number of ether oxygens (including phenoxy) is 1. The molecule has 0 bridgehead atoms. The summed E-state index contributed by atoms with van der Waals surface area (Å²) >= 11 is 0. The van der Waals surface area contributed by atoms with Crippen LogP contribution in [0.1, 0.15) is 10.4 Å². The highest BCUT2D eigenvalue weighted by atomic mass is 19.1. The molecule has 1 unspecified atom stereocenters. The van der Waals surface area contributed by atoms with E-state index in [1.54, 1.807) is 0 Å². The van der Waals surface area contributed by atoms with Crippen molar-refractivity contribution in [3.63, 3.8) is 0 Å². The number of hydrogen-bond acceptors (Lipinski definition) is 4. The average molecular weight is 255 g/mol. The van der Waals surface area contributed by atoms with Crippen LogP contribution in [0.3, 0.4) is 0 Å². The van der Waals surface area contributed by atoms with Gasteiger partial charge in [0.15, 0.2) is 0 Å². The molecule has 1 rings (SSSR count). The van der Waals surface area contributed by atoms with Crippen molar-refractivity contribution in [3.8, 4) is 0 Å². The highest BCUT2D eigenvalue weighted by Gasteiger charge is 2.17. The van der Waals surface area contributed by atoms with Gasteiger partial charge in [0.25, 0.3) is 11.8 Å². The van der Waals surface area contributed by atoms with E-state index in [4.69, 9.17) is 16.2 Å². The number of benzene rings is 1. The first-order valence-corrected chi connectivity index (χ1v) is 5.12. The van der Waals surface area contributed by atoms with Crippen molar-refractivity contribution in [2.45, 2.75) is 6.10 Å². The highest BCUT2D eigenvalue weighted by Crippen LogP contribution is 2.14. The molecule has 7 heteroatoms. The summed E-state index contributed by atoms with van der Waals surface area (Å²) in [4.78, 5) is 22.5. The van der Waals surface area contributed by atoms with E-state index in [0.29, 0.717) is 0 Å². The third-order valence-corrected chi connectivity index (χ3v) is 2.29. The molecule has 0 saturated carbocycles. The second-order valence-electron chi connectivity index (χ2n) is 3.51. The second-order valence-corrected chi connectivity index (χ2v) is 3.51. The summed E-state index contributed by atoms with van der Waals surface area (Å²) < 4.78 is 18.0. The number of hydrogen-bond donors (Lipinski definition) is 3. The van der Waals surface area contributed by atoms with Gasteiger partial charge in [0.05, 0.1) is 5.56 Å². The molecule has 6 nitrogen and oxygen atoms in total. The van der Waals surface area contributed by atoms with Gasteiger partial charge in [-0.2, -0.15) is 0 Å². The van der Waals surface area contributed by atoms with E-state index in [1.165, 1.54) is 13.2 Å². The van der Waals surface area contributed by atoms with Crippen LogP contribution in [0, 0.1) is 5.82 Å². The molecular formula is C11H14FN3O3. The first-order chi connectivity index (χ1) is 8.49. The maximum Gasteiger partial charge on any atom is 0.254 e. The average Bonchev–Trinajstić information content (AvgIpc) is 2.32. The van der Waals surface area contributed by atoms with Crippen LogP contribution < -0.4 is 16.8 Å². The Labute approximate surface area is 103 Å². The molecule has 5 N–H and O–H groups in total. The third kappa shape index (κ3) is 3.25. The Kier molecular flexibility index (Phi) is 4.75. The van der Waals surface area contributed by atoms with E-state index in [9.17, 15) is 14.0 Å². The Morgan fingerprint density at radius 2 is 2.17 bits per heavy atom. The molecule has 18 heavy (non-hydrogen) atoms. The molecule has 0 saturated heterocycles. The first kappa shape index (κ1) is 14.1. The number of nitrogens with two attached hydrogens (primary N) is 2. The zero-order chi connectivity index (χ0) is 13.7. The van der Waals surface area contributed by atoms with Crippen LogP contribution in [0.5, 0.6) is 0 Å². The van der Waals surface area contributed by atoms with E-state index < -0.39 is 23.7 Å². The lowest BCUT2D eigenvalue weighted by Crippen LogP contribution is -2.36. The third-order valence-electron chi connectivity index (χ3n) is 2.29. The van der Waals surface area contributed by atoms with Gasteiger partial charge >= 0.3 is 0 Å². The van der Waals surface area contributed by atoms with Crippen LogP contribution in [0.2, 0.25) is 0 Å². The largest absolute Gasteiger partial charge is 0.370 e. The van der Waals surface area contributed by atoms with Crippen LogP contribution >= 0.6 is 0 Å². The topological polar surface area (TPSA) is 107 Å². The quantitative estimate of drug-likeness (QED) is 0.679. The molecule has 98 valence electrons. The zero-order valence-electron chi connectivity index (χ0n) is 9.77. The highest BCUT2D eigenvalue weighted by molar-refractivity contribution is 5.97. The van der Waals surface area contributed by atoms with E-state index in [1.807, 2.05) is 0 Å². The van der Waals surface area contributed by atoms with Crippen molar-refractivity contribution in [3.05, 3.63) is 29.6 Å². The summed E-state index contributed by atoms with van der Waals surface area (Å²) in [6.07, 6.45) is -0.813. The first-order valence-electron chi connectivity index (χ1n) is 5.12. The van der Waals surface area contributed by atoms with Crippen molar-refractivity contribution >= 4 is 17.5 Å². The van der Waals surface area contributed by atoms with Gasteiger partial charge in [-0.15, -0.1) is 0 Å². The second kappa shape index (κ2) is 6.08. The number of amides is 2. The summed E-state index contributed by atoms with van der Waals surface area (Å²) in [7, 11) is 1.34. The normalized spacial score (nSPS) is 11.9. The fraction of sp³-hybridized carbons (Fsp3) is 0.273. The maximum atomic E-state index is 13.2. The van der Waals surface area contributed by atoms with Gasteiger partial charge in [-0.1, -0.05) is 0 Å². The Bertz CT molecular complexity index is 461. The summed E-state index contributed by atoms with van der Waals surface area (Å²) in [5.41, 5.74) is 10.3. The lowest BCUT2D eigenvalue weighted by Gasteiger charge is -2.13. The summed E-state index contributed by atoms with van der Waals surface area (Å²) in [5, 5.41) is 2.45. The molecule has 1 atom stereocenters. The van der Waals surface area contributed by atoms with Gasteiger partial charge in [0.2, 0.25) is 0 Å². The molecule has 0 aliphatic carbocycles. The number of anilines is 1. The van der Waals surface area contributed by atoms with E-state index in [0.717, 1.165) is 12.1 Å². The molecule has 0 fully saturated rings. The fourth-order valence-electron chi connectivity index (χ4n) is 1.32. The van der Waals surface area contributed by atoms with E-state index in [-0.39, 0.29) is 17.8 Å². The van der Waals surface area contributed by atoms with Gasteiger partial charge in [-0.25, -0.2) is 4.39 Å². The number of nitrogens with one attached hydrogen (secondary N) is 1. The number of carbonyl (C=O) groups excluding carboxylic acids is 2. The number of primary amides is 1. The Balaban J connectivity index is 2.89. The predicted molar refractivity (Wildman–Crippen MR) is 63.4 cm³/mol. The summed E-state index contributed by atoms with van der Waals surface area (Å²) in [5.74, 6) is -2.14. The molecule has 0 aliphatic heterocycles. The minimum absolute atomic E-state index is 0.00616. The standard InChI is InChI=1S/C11H14FN3O3/c1-18-9(5-13)11(17)15-6-2-3-8(12)7(4-6)10(14)16/h2-4,9H,5,13H2,1H3,(H2,14,16)(H,15,17). The zero-order valence-corrected chi connectivity index (χ0v) is 9.77. The Hall–Kier alpha value is -1.99. The van der Waals surface area contributed by atoms with Crippen molar-refractivity contribution < 1.29 is 18.7 Å². The number of methoxy groups -OCH3 is 1. The van der Waals surface area contributed by atoms with Gasteiger partial charge in [0, 0.05) is 19.3 Å². The van der Waals surface area contributed by atoms with Crippen LogP contribution in [-0.4, -0.2) is 31.6 Å².